The fourth-order valence-corrected chi connectivity index (χ4v) is 2.82. The van der Waals surface area contributed by atoms with Gasteiger partial charge in [-0.15, -0.1) is 17.9 Å². The van der Waals surface area contributed by atoms with Crippen molar-refractivity contribution in [3.8, 4) is 0 Å². The number of benzene rings is 1. The lowest BCUT2D eigenvalue weighted by Gasteiger charge is -2.20. The van der Waals surface area contributed by atoms with Crippen LogP contribution in [0.1, 0.15) is 23.0 Å². The Morgan fingerprint density at radius 2 is 2.27 bits per heavy atom. The quantitative estimate of drug-likeness (QED) is 0.537. The molecule has 0 aliphatic rings. The molecule has 1 amide bonds. The van der Waals surface area contributed by atoms with E-state index in [4.69, 9.17) is 4.74 Å². The minimum Gasteiger partial charge on any atom is -0.451 e. The first-order chi connectivity index (χ1) is 12.5. The summed E-state index contributed by atoms with van der Waals surface area (Å²) in [5.74, 6) is -1.38. The molecule has 1 aromatic heterocycles. The van der Waals surface area contributed by atoms with Crippen LogP contribution < -0.4 is 5.32 Å². The van der Waals surface area contributed by atoms with Crippen LogP contribution in [0.5, 0.6) is 0 Å². The highest BCUT2D eigenvalue weighted by Crippen LogP contribution is 2.16. The second-order valence-electron chi connectivity index (χ2n) is 5.32. The molecule has 6 nitrogen and oxygen atoms in total. The second-order valence-corrected chi connectivity index (χ2v) is 6.18. The molecule has 1 heterocycles. The Morgan fingerprint density at radius 1 is 1.46 bits per heavy atom. The third kappa shape index (κ3) is 5.66. The predicted octanol–water partition coefficient (Wildman–Crippen LogP) is 3.09. The SMILES string of the molecule is C=CCNc1nc(C(=O)OCC(=O)N(CC)Cc2cccc(F)c2)cs1. The second kappa shape index (κ2) is 9.67. The summed E-state index contributed by atoms with van der Waals surface area (Å²) in [5.41, 5.74) is 0.812. The Kier molecular flexibility index (Phi) is 7.28. The van der Waals surface area contributed by atoms with Gasteiger partial charge in [-0.2, -0.15) is 0 Å². The molecule has 0 aliphatic heterocycles. The lowest BCUT2D eigenvalue weighted by Crippen LogP contribution is -2.34. The van der Waals surface area contributed by atoms with Gasteiger partial charge < -0.3 is 15.0 Å². The lowest BCUT2D eigenvalue weighted by molar-refractivity contribution is -0.134. The van der Waals surface area contributed by atoms with Gasteiger partial charge in [-0.05, 0) is 24.6 Å². The zero-order chi connectivity index (χ0) is 18.9. The molecule has 138 valence electrons. The third-order valence-corrected chi connectivity index (χ3v) is 4.23. The van der Waals surface area contributed by atoms with E-state index in [-0.39, 0.29) is 24.0 Å². The number of ether oxygens (including phenoxy) is 1. The monoisotopic (exact) mass is 377 g/mol. The van der Waals surface area contributed by atoms with Crippen molar-refractivity contribution < 1.29 is 18.7 Å². The number of rotatable bonds is 9. The highest BCUT2D eigenvalue weighted by atomic mass is 32.1. The standard InChI is InChI=1S/C18H20FN3O3S/c1-3-8-20-18-21-15(12-26-18)17(24)25-11-16(23)22(4-2)10-13-6-5-7-14(19)9-13/h3,5-7,9,12H,1,4,8,10-11H2,2H3,(H,20,21). The third-order valence-electron chi connectivity index (χ3n) is 3.43. The average Bonchev–Trinajstić information content (AvgIpc) is 3.11. The van der Waals surface area contributed by atoms with Crippen molar-refractivity contribution in [1.29, 1.82) is 0 Å². The highest BCUT2D eigenvalue weighted by molar-refractivity contribution is 7.13. The van der Waals surface area contributed by atoms with E-state index >= 15 is 0 Å². The Labute approximate surface area is 155 Å². The van der Waals surface area contributed by atoms with Crippen LogP contribution in [-0.4, -0.2) is 41.5 Å². The molecule has 0 saturated carbocycles. The van der Waals surface area contributed by atoms with Crippen LogP contribution in [0.2, 0.25) is 0 Å². The summed E-state index contributed by atoms with van der Waals surface area (Å²) in [7, 11) is 0. The molecule has 0 saturated heterocycles. The van der Waals surface area contributed by atoms with Gasteiger partial charge in [-0.25, -0.2) is 14.2 Å². The van der Waals surface area contributed by atoms with Crippen LogP contribution in [0.4, 0.5) is 9.52 Å². The number of nitrogens with one attached hydrogen (secondary N) is 1. The maximum absolute atomic E-state index is 13.3. The molecule has 0 aliphatic carbocycles. The Morgan fingerprint density at radius 3 is 2.96 bits per heavy atom. The maximum atomic E-state index is 13.3. The molecule has 26 heavy (non-hydrogen) atoms. The number of amides is 1. The van der Waals surface area contributed by atoms with Crippen LogP contribution in [0.15, 0.2) is 42.3 Å². The fraction of sp³-hybridized carbons (Fsp3) is 0.278. The zero-order valence-electron chi connectivity index (χ0n) is 14.4. The molecule has 0 atom stereocenters. The molecule has 0 unspecified atom stereocenters. The van der Waals surface area contributed by atoms with Gasteiger partial charge in [0.1, 0.15) is 5.82 Å². The number of esters is 1. The van der Waals surface area contributed by atoms with E-state index in [9.17, 15) is 14.0 Å². The number of thiazole rings is 1. The summed E-state index contributed by atoms with van der Waals surface area (Å²) >= 11 is 1.26. The van der Waals surface area contributed by atoms with E-state index in [1.807, 2.05) is 0 Å². The van der Waals surface area contributed by atoms with Gasteiger partial charge in [0.15, 0.2) is 17.4 Å². The van der Waals surface area contributed by atoms with Gasteiger partial charge in [0.2, 0.25) is 0 Å². The molecule has 2 rings (SSSR count). The largest absolute Gasteiger partial charge is 0.451 e. The number of aromatic nitrogens is 1. The maximum Gasteiger partial charge on any atom is 0.358 e. The van der Waals surface area contributed by atoms with E-state index in [0.29, 0.717) is 23.8 Å². The van der Waals surface area contributed by atoms with Gasteiger partial charge in [-0.3, -0.25) is 4.79 Å². The number of carbonyl (C=O) groups is 2. The first-order valence-corrected chi connectivity index (χ1v) is 8.91. The molecule has 0 radical (unpaired) electrons. The molecule has 2 aromatic rings. The first-order valence-electron chi connectivity index (χ1n) is 8.03. The number of carbonyl (C=O) groups excluding carboxylic acids is 2. The predicted molar refractivity (Wildman–Crippen MR) is 98.6 cm³/mol. The van der Waals surface area contributed by atoms with Gasteiger partial charge in [-0.1, -0.05) is 18.2 Å². The summed E-state index contributed by atoms with van der Waals surface area (Å²) in [4.78, 5) is 29.8. The van der Waals surface area contributed by atoms with E-state index in [1.165, 1.54) is 28.4 Å². The number of hydrogen-bond donors (Lipinski definition) is 1. The summed E-state index contributed by atoms with van der Waals surface area (Å²) in [5, 5.41) is 5.10. The number of anilines is 1. The van der Waals surface area contributed by atoms with Crippen LogP contribution in [0.3, 0.4) is 0 Å². The van der Waals surface area contributed by atoms with Crippen molar-refractivity contribution in [3.05, 3.63) is 59.4 Å². The van der Waals surface area contributed by atoms with Gasteiger partial charge in [0, 0.05) is 25.0 Å². The lowest BCUT2D eigenvalue weighted by atomic mass is 10.2. The van der Waals surface area contributed by atoms with Crippen molar-refractivity contribution in [1.82, 2.24) is 9.88 Å². The molecular formula is C18H20FN3O3S. The average molecular weight is 377 g/mol. The molecule has 8 heteroatoms. The first kappa shape index (κ1) is 19.6. The number of halogens is 1. The van der Waals surface area contributed by atoms with Crippen molar-refractivity contribution >= 4 is 28.3 Å². The van der Waals surface area contributed by atoms with Crippen LogP contribution in [0, 0.1) is 5.82 Å². The zero-order valence-corrected chi connectivity index (χ0v) is 15.2. The molecular weight excluding hydrogens is 357 g/mol. The van der Waals surface area contributed by atoms with E-state index < -0.39 is 12.6 Å². The summed E-state index contributed by atoms with van der Waals surface area (Å²) < 4.78 is 18.3. The van der Waals surface area contributed by atoms with Crippen LogP contribution in [0.25, 0.3) is 0 Å². The van der Waals surface area contributed by atoms with E-state index in [1.54, 1.807) is 30.5 Å². The molecule has 0 spiro atoms. The van der Waals surface area contributed by atoms with Gasteiger partial charge in [0.25, 0.3) is 5.91 Å². The molecule has 1 N–H and O–H groups in total. The van der Waals surface area contributed by atoms with Crippen molar-refractivity contribution in [2.24, 2.45) is 0 Å². The molecule has 1 aromatic carbocycles. The van der Waals surface area contributed by atoms with Crippen molar-refractivity contribution in [2.75, 3.05) is 25.0 Å². The Balaban J connectivity index is 1.88. The minimum atomic E-state index is -0.664. The topological polar surface area (TPSA) is 71.5 Å². The Bertz CT molecular complexity index is 779. The van der Waals surface area contributed by atoms with Crippen LogP contribution in [-0.2, 0) is 16.1 Å². The van der Waals surface area contributed by atoms with Gasteiger partial charge >= 0.3 is 5.97 Å². The fourth-order valence-electron chi connectivity index (χ4n) is 2.13. The summed E-state index contributed by atoms with van der Waals surface area (Å²) in [6.07, 6.45) is 1.68. The van der Waals surface area contributed by atoms with E-state index in [2.05, 4.69) is 16.9 Å². The smallest absolute Gasteiger partial charge is 0.358 e. The normalized spacial score (nSPS) is 10.2. The van der Waals surface area contributed by atoms with E-state index in [0.717, 1.165) is 0 Å². The van der Waals surface area contributed by atoms with Crippen molar-refractivity contribution in [2.45, 2.75) is 13.5 Å². The van der Waals surface area contributed by atoms with Crippen molar-refractivity contribution in [3.63, 3.8) is 0 Å². The van der Waals surface area contributed by atoms with Gasteiger partial charge in [0.05, 0.1) is 0 Å². The summed E-state index contributed by atoms with van der Waals surface area (Å²) in [6.45, 7) is 6.19. The Hall–Kier alpha value is -2.74. The minimum absolute atomic E-state index is 0.141. The number of hydrogen-bond acceptors (Lipinski definition) is 6. The van der Waals surface area contributed by atoms with Crippen LogP contribution >= 0.6 is 11.3 Å². The summed E-state index contributed by atoms with van der Waals surface area (Å²) in [6, 6.07) is 6.03. The molecule has 0 bridgehead atoms. The molecule has 0 fully saturated rings. The number of likely N-dealkylation sites (N-methyl/N-ethyl adjacent to an activating group) is 1. The highest BCUT2D eigenvalue weighted by Gasteiger charge is 2.17. The number of nitrogens with zero attached hydrogens (tertiary/aromatic N) is 2.